The number of hydrogen-bond acceptors (Lipinski definition) is 4. The number of rotatable bonds is 8. The zero-order chi connectivity index (χ0) is 24.1. The number of amides is 3. The van der Waals surface area contributed by atoms with Crippen molar-refractivity contribution in [1.29, 1.82) is 0 Å². The number of nitrogens with zero attached hydrogens (tertiary/aromatic N) is 1. The van der Waals surface area contributed by atoms with E-state index in [-0.39, 0.29) is 24.7 Å². The van der Waals surface area contributed by atoms with Gasteiger partial charge in [0, 0.05) is 0 Å². The van der Waals surface area contributed by atoms with Gasteiger partial charge in [0.25, 0.3) is 5.91 Å². The van der Waals surface area contributed by atoms with Gasteiger partial charge in [-0.05, 0) is 60.9 Å². The molecule has 0 saturated carbocycles. The van der Waals surface area contributed by atoms with E-state index in [0.717, 1.165) is 11.1 Å². The number of carbonyl (C=O) groups is 2. The molecule has 0 atom stereocenters. The fourth-order valence-corrected chi connectivity index (χ4v) is 3.66. The minimum absolute atomic E-state index is 0.181. The molecule has 1 heterocycles. The highest BCUT2D eigenvalue weighted by molar-refractivity contribution is 6.13. The van der Waals surface area contributed by atoms with Crippen molar-refractivity contribution < 1.29 is 23.5 Å². The van der Waals surface area contributed by atoms with E-state index < -0.39 is 11.9 Å². The van der Waals surface area contributed by atoms with E-state index in [0.29, 0.717) is 29.2 Å². The van der Waals surface area contributed by atoms with Crippen LogP contribution < -0.4 is 14.8 Å². The summed E-state index contributed by atoms with van der Waals surface area (Å²) in [4.78, 5) is 26.5. The van der Waals surface area contributed by atoms with Crippen LogP contribution in [0.25, 0.3) is 6.08 Å². The Labute approximate surface area is 197 Å². The molecular formula is C27H25FN2O4. The van der Waals surface area contributed by atoms with Crippen LogP contribution in [0.2, 0.25) is 0 Å². The number of carbonyl (C=O) groups excluding carboxylic acids is 2. The van der Waals surface area contributed by atoms with Gasteiger partial charge in [-0.1, -0.05) is 48.0 Å². The molecule has 6 nitrogen and oxygen atoms in total. The van der Waals surface area contributed by atoms with E-state index in [2.05, 4.69) is 5.32 Å². The number of urea groups is 1. The summed E-state index contributed by atoms with van der Waals surface area (Å²) in [6, 6.07) is 18.6. The molecule has 1 aliphatic rings. The van der Waals surface area contributed by atoms with Crippen molar-refractivity contribution in [2.45, 2.75) is 27.0 Å². The predicted molar refractivity (Wildman–Crippen MR) is 127 cm³/mol. The van der Waals surface area contributed by atoms with Crippen molar-refractivity contribution in [3.05, 3.63) is 100 Å². The quantitative estimate of drug-likeness (QED) is 0.370. The van der Waals surface area contributed by atoms with E-state index in [1.165, 1.54) is 17.0 Å². The first-order valence-electron chi connectivity index (χ1n) is 11.0. The maximum absolute atomic E-state index is 13.4. The molecule has 34 heavy (non-hydrogen) atoms. The maximum atomic E-state index is 13.4. The molecule has 1 fully saturated rings. The Balaban J connectivity index is 1.51. The van der Waals surface area contributed by atoms with Gasteiger partial charge in [-0.2, -0.15) is 0 Å². The van der Waals surface area contributed by atoms with Crippen molar-refractivity contribution in [3.63, 3.8) is 0 Å². The average molecular weight is 461 g/mol. The molecule has 0 aliphatic carbocycles. The first-order chi connectivity index (χ1) is 16.4. The Morgan fingerprint density at radius 1 is 0.941 bits per heavy atom. The summed E-state index contributed by atoms with van der Waals surface area (Å²) in [5.74, 6) is 0.265. The molecule has 1 aliphatic heterocycles. The molecule has 0 bridgehead atoms. The van der Waals surface area contributed by atoms with Gasteiger partial charge >= 0.3 is 6.03 Å². The highest BCUT2D eigenvalue weighted by Gasteiger charge is 2.33. The second-order valence-corrected chi connectivity index (χ2v) is 7.93. The van der Waals surface area contributed by atoms with Crippen LogP contribution in [0.15, 0.2) is 72.4 Å². The number of benzene rings is 3. The van der Waals surface area contributed by atoms with Gasteiger partial charge in [0.1, 0.15) is 18.1 Å². The Kier molecular flexibility index (Phi) is 6.92. The molecule has 1 N–H and O–H groups in total. The lowest BCUT2D eigenvalue weighted by Crippen LogP contribution is -2.30. The fourth-order valence-electron chi connectivity index (χ4n) is 3.66. The second kappa shape index (κ2) is 10.2. The number of ether oxygens (including phenoxy) is 2. The van der Waals surface area contributed by atoms with Crippen LogP contribution in [0.3, 0.4) is 0 Å². The monoisotopic (exact) mass is 460 g/mol. The summed E-state index contributed by atoms with van der Waals surface area (Å²) in [7, 11) is 0. The summed E-state index contributed by atoms with van der Waals surface area (Å²) in [6.45, 7) is 4.60. The van der Waals surface area contributed by atoms with Gasteiger partial charge in [-0.15, -0.1) is 0 Å². The zero-order valence-electron chi connectivity index (χ0n) is 19.0. The number of nitrogens with one attached hydrogen (secondary N) is 1. The highest BCUT2D eigenvalue weighted by Crippen LogP contribution is 2.30. The zero-order valence-corrected chi connectivity index (χ0v) is 19.0. The summed E-state index contributed by atoms with van der Waals surface area (Å²) in [5, 5.41) is 2.65. The topological polar surface area (TPSA) is 67.9 Å². The second-order valence-electron chi connectivity index (χ2n) is 7.93. The van der Waals surface area contributed by atoms with Crippen LogP contribution in [-0.2, 0) is 17.9 Å². The molecule has 3 aromatic rings. The molecule has 0 unspecified atom stereocenters. The van der Waals surface area contributed by atoms with E-state index in [1.807, 2.05) is 38.1 Å². The van der Waals surface area contributed by atoms with Crippen LogP contribution in [0.4, 0.5) is 9.18 Å². The molecule has 0 radical (unpaired) electrons. The largest absolute Gasteiger partial charge is 0.490 e. The van der Waals surface area contributed by atoms with Crippen LogP contribution in [-0.4, -0.2) is 23.4 Å². The highest BCUT2D eigenvalue weighted by atomic mass is 19.1. The maximum Gasteiger partial charge on any atom is 0.329 e. The smallest absolute Gasteiger partial charge is 0.329 e. The summed E-state index contributed by atoms with van der Waals surface area (Å²) in [6.07, 6.45) is 1.61. The Bertz CT molecular complexity index is 1250. The fraction of sp³-hybridized carbons (Fsp3) is 0.185. The van der Waals surface area contributed by atoms with Crippen molar-refractivity contribution in [2.75, 3.05) is 6.61 Å². The molecule has 0 spiro atoms. The molecule has 3 amide bonds. The number of hydrogen-bond donors (Lipinski definition) is 1. The summed E-state index contributed by atoms with van der Waals surface area (Å²) >= 11 is 0. The third kappa shape index (κ3) is 5.43. The van der Waals surface area contributed by atoms with Crippen LogP contribution in [0, 0.1) is 12.7 Å². The SMILES string of the molecule is CCOc1cc(/C=C2/NC(=O)N(Cc3cccc(C)c3)C2=O)ccc1OCc1cccc(F)c1. The molecule has 1 saturated heterocycles. The molecule has 174 valence electrons. The van der Waals surface area contributed by atoms with Crippen LogP contribution >= 0.6 is 0 Å². The Hall–Kier alpha value is -4.13. The summed E-state index contributed by atoms with van der Waals surface area (Å²) in [5.41, 5.74) is 3.49. The van der Waals surface area contributed by atoms with Crippen molar-refractivity contribution in [2.24, 2.45) is 0 Å². The average Bonchev–Trinajstić information content (AvgIpc) is 3.06. The molecule has 7 heteroatoms. The van der Waals surface area contributed by atoms with Gasteiger partial charge < -0.3 is 14.8 Å². The first kappa shape index (κ1) is 23.0. The lowest BCUT2D eigenvalue weighted by molar-refractivity contribution is -0.123. The number of halogens is 1. The van der Waals surface area contributed by atoms with E-state index in [4.69, 9.17) is 9.47 Å². The van der Waals surface area contributed by atoms with Gasteiger partial charge in [0.15, 0.2) is 11.5 Å². The molecule has 3 aromatic carbocycles. The molecule has 0 aromatic heterocycles. The summed E-state index contributed by atoms with van der Waals surface area (Å²) < 4.78 is 25.0. The van der Waals surface area contributed by atoms with E-state index in [1.54, 1.807) is 36.4 Å². The Morgan fingerprint density at radius 3 is 2.50 bits per heavy atom. The van der Waals surface area contributed by atoms with Crippen molar-refractivity contribution in [1.82, 2.24) is 10.2 Å². The van der Waals surface area contributed by atoms with Crippen LogP contribution in [0.1, 0.15) is 29.2 Å². The van der Waals surface area contributed by atoms with Crippen molar-refractivity contribution in [3.8, 4) is 11.5 Å². The predicted octanol–water partition coefficient (Wildman–Crippen LogP) is 5.20. The van der Waals surface area contributed by atoms with E-state index >= 15 is 0 Å². The lowest BCUT2D eigenvalue weighted by Gasteiger charge is -2.13. The first-order valence-corrected chi connectivity index (χ1v) is 11.0. The normalized spacial score (nSPS) is 14.4. The third-order valence-corrected chi connectivity index (χ3v) is 5.25. The standard InChI is InChI=1S/C27H25FN2O4/c1-3-33-25-15-19(10-11-24(25)34-17-21-8-5-9-22(28)13-21)14-23-26(31)30(27(32)29-23)16-20-7-4-6-18(2)12-20/h4-15H,3,16-17H2,1-2H3,(H,29,32)/b23-14+. The molecular weight excluding hydrogens is 435 g/mol. The third-order valence-electron chi connectivity index (χ3n) is 5.25. The number of imide groups is 1. The number of aryl methyl sites for hydroxylation is 1. The minimum atomic E-state index is -0.460. The van der Waals surface area contributed by atoms with Gasteiger partial charge in [-0.25, -0.2) is 9.18 Å². The van der Waals surface area contributed by atoms with Gasteiger partial charge in [0.05, 0.1) is 13.2 Å². The lowest BCUT2D eigenvalue weighted by atomic mass is 10.1. The van der Waals surface area contributed by atoms with Crippen molar-refractivity contribution >= 4 is 18.0 Å². The van der Waals surface area contributed by atoms with Gasteiger partial charge in [0.2, 0.25) is 0 Å². The minimum Gasteiger partial charge on any atom is -0.490 e. The Morgan fingerprint density at radius 2 is 1.74 bits per heavy atom. The molecule has 4 rings (SSSR count). The van der Waals surface area contributed by atoms with E-state index in [9.17, 15) is 14.0 Å². The van der Waals surface area contributed by atoms with Crippen LogP contribution in [0.5, 0.6) is 11.5 Å². The van der Waals surface area contributed by atoms with Gasteiger partial charge in [-0.3, -0.25) is 9.69 Å².